The number of nitrogens with zero attached hydrogens (tertiary/aromatic N) is 2. The average molecular weight is 501 g/mol. The maximum Gasteiger partial charge on any atom is 0.222 e. The van der Waals surface area contributed by atoms with Crippen molar-refractivity contribution in [2.75, 3.05) is 19.6 Å². The number of amides is 1. The zero-order valence-electron chi connectivity index (χ0n) is 15.8. The summed E-state index contributed by atoms with van der Waals surface area (Å²) in [4.78, 5) is 20.8. The molecule has 2 aromatic rings. The van der Waals surface area contributed by atoms with E-state index in [2.05, 4.69) is 31.3 Å². The fourth-order valence-corrected chi connectivity index (χ4v) is 2.98. The van der Waals surface area contributed by atoms with Crippen LogP contribution in [0.15, 0.2) is 40.7 Å². The summed E-state index contributed by atoms with van der Waals surface area (Å²) in [7, 11) is 0. The van der Waals surface area contributed by atoms with Crippen molar-refractivity contribution in [1.82, 2.24) is 20.9 Å². The van der Waals surface area contributed by atoms with E-state index in [4.69, 9.17) is 0 Å². The van der Waals surface area contributed by atoms with Crippen molar-refractivity contribution < 1.29 is 4.79 Å². The maximum atomic E-state index is 11.9. The molecule has 0 fully saturated rings. The fourth-order valence-electron chi connectivity index (χ4n) is 2.33. The lowest BCUT2D eigenvalue weighted by molar-refractivity contribution is -0.121. The quantitative estimate of drug-likeness (QED) is 0.281. The largest absolute Gasteiger partial charge is 0.357 e. The molecule has 1 aromatic heterocycles. The number of guanidine groups is 1. The van der Waals surface area contributed by atoms with Gasteiger partial charge in [-0.2, -0.15) is 0 Å². The van der Waals surface area contributed by atoms with E-state index >= 15 is 0 Å². The van der Waals surface area contributed by atoms with Gasteiger partial charge in [0.05, 0.1) is 17.2 Å². The van der Waals surface area contributed by atoms with Gasteiger partial charge in [0.15, 0.2) is 5.96 Å². The molecule has 0 aliphatic rings. The highest BCUT2D eigenvalue weighted by molar-refractivity contribution is 14.0. The van der Waals surface area contributed by atoms with E-state index in [0.717, 1.165) is 41.7 Å². The highest BCUT2D eigenvalue weighted by Gasteiger charge is 2.03. The Bertz CT molecular complexity index is 705. The molecule has 0 aliphatic heterocycles. The molecule has 0 aliphatic carbocycles. The van der Waals surface area contributed by atoms with Crippen LogP contribution >= 0.6 is 35.3 Å². The first-order valence-electron chi connectivity index (χ1n) is 8.91. The molecule has 148 valence electrons. The van der Waals surface area contributed by atoms with E-state index in [1.165, 1.54) is 0 Å². The lowest BCUT2D eigenvalue weighted by Gasteiger charge is -2.10. The van der Waals surface area contributed by atoms with E-state index in [-0.39, 0.29) is 29.9 Å². The van der Waals surface area contributed by atoms with Crippen LogP contribution in [0, 0.1) is 6.92 Å². The number of carbonyl (C=O) groups excluding carboxylic acids is 1. The van der Waals surface area contributed by atoms with E-state index in [1.807, 2.05) is 44.2 Å². The first kappa shape index (κ1) is 23.4. The number of aryl methyl sites for hydroxylation is 1. The van der Waals surface area contributed by atoms with Gasteiger partial charge >= 0.3 is 0 Å². The molecular formula is C19H28IN5OS. The van der Waals surface area contributed by atoms with Crippen molar-refractivity contribution in [3.8, 4) is 0 Å². The second kappa shape index (κ2) is 13.5. The van der Waals surface area contributed by atoms with Crippen molar-refractivity contribution in [1.29, 1.82) is 0 Å². The molecular weight excluding hydrogens is 473 g/mol. The van der Waals surface area contributed by atoms with Gasteiger partial charge in [0.2, 0.25) is 5.91 Å². The zero-order valence-corrected chi connectivity index (χ0v) is 19.0. The van der Waals surface area contributed by atoms with Crippen LogP contribution in [0.4, 0.5) is 0 Å². The summed E-state index contributed by atoms with van der Waals surface area (Å²) in [5, 5.41) is 12.6. The molecule has 0 atom stereocenters. The fraction of sp³-hybridized carbons (Fsp3) is 0.421. The zero-order chi connectivity index (χ0) is 18.6. The number of aromatic nitrogens is 1. The summed E-state index contributed by atoms with van der Waals surface area (Å²) in [6.07, 6.45) is 1.22. The number of thiazole rings is 1. The van der Waals surface area contributed by atoms with Gasteiger partial charge in [0.25, 0.3) is 0 Å². The molecule has 8 heteroatoms. The molecule has 0 radical (unpaired) electrons. The van der Waals surface area contributed by atoms with E-state index < -0.39 is 0 Å². The van der Waals surface area contributed by atoms with Gasteiger partial charge in [-0.3, -0.25) is 9.79 Å². The Morgan fingerprint density at radius 1 is 1.19 bits per heavy atom. The summed E-state index contributed by atoms with van der Waals surface area (Å²) >= 11 is 1.66. The van der Waals surface area contributed by atoms with E-state index in [1.54, 1.807) is 11.3 Å². The van der Waals surface area contributed by atoms with E-state index in [9.17, 15) is 4.79 Å². The summed E-state index contributed by atoms with van der Waals surface area (Å²) in [5.74, 6) is 0.738. The number of hydrogen-bond donors (Lipinski definition) is 3. The third kappa shape index (κ3) is 9.71. The smallest absolute Gasteiger partial charge is 0.222 e. The van der Waals surface area contributed by atoms with Crippen LogP contribution in [0.25, 0.3) is 0 Å². The molecule has 0 saturated heterocycles. The topological polar surface area (TPSA) is 78.4 Å². The maximum absolute atomic E-state index is 11.9. The standard InChI is InChI=1S/C19H27N5OS.HI/c1-3-20-19(21-11-9-17-14-26-15(2)24-17)22-12-10-18(25)23-13-16-7-5-4-6-8-16;/h4-8,14H,3,9-13H2,1-2H3,(H,23,25)(H2,20,21,22);1H. The first-order valence-corrected chi connectivity index (χ1v) is 9.79. The highest BCUT2D eigenvalue weighted by Crippen LogP contribution is 2.07. The molecule has 27 heavy (non-hydrogen) atoms. The lowest BCUT2D eigenvalue weighted by Crippen LogP contribution is -2.38. The molecule has 0 bridgehead atoms. The van der Waals surface area contributed by atoms with Crippen LogP contribution in [0.5, 0.6) is 0 Å². The molecule has 1 heterocycles. The SMILES string of the molecule is CCNC(=NCCC(=O)NCc1ccccc1)NCCc1csc(C)n1.I. The summed E-state index contributed by atoms with van der Waals surface area (Å²) < 4.78 is 0. The Morgan fingerprint density at radius 3 is 2.63 bits per heavy atom. The van der Waals surface area contributed by atoms with Gasteiger partial charge in [0.1, 0.15) is 0 Å². The number of carbonyl (C=O) groups is 1. The van der Waals surface area contributed by atoms with Crippen LogP contribution in [0.1, 0.15) is 29.6 Å². The van der Waals surface area contributed by atoms with Crippen LogP contribution in [0.2, 0.25) is 0 Å². The van der Waals surface area contributed by atoms with Gasteiger partial charge in [-0.1, -0.05) is 30.3 Å². The minimum absolute atomic E-state index is 0. The summed E-state index contributed by atoms with van der Waals surface area (Å²) in [6, 6.07) is 9.88. The molecule has 0 spiro atoms. The minimum atomic E-state index is 0. The lowest BCUT2D eigenvalue weighted by atomic mass is 10.2. The van der Waals surface area contributed by atoms with Crippen LogP contribution < -0.4 is 16.0 Å². The minimum Gasteiger partial charge on any atom is -0.357 e. The number of hydrogen-bond acceptors (Lipinski definition) is 4. The Hall–Kier alpha value is -1.68. The number of nitrogens with one attached hydrogen (secondary N) is 3. The first-order chi connectivity index (χ1) is 12.7. The normalized spacial score (nSPS) is 10.8. The molecule has 2 rings (SSSR count). The van der Waals surface area contributed by atoms with E-state index in [0.29, 0.717) is 19.5 Å². The number of benzene rings is 1. The number of halogens is 1. The molecule has 0 unspecified atom stereocenters. The Morgan fingerprint density at radius 2 is 1.96 bits per heavy atom. The molecule has 3 N–H and O–H groups in total. The van der Waals surface area contributed by atoms with Crippen LogP contribution in [-0.4, -0.2) is 36.5 Å². The van der Waals surface area contributed by atoms with Crippen molar-refractivity contribution in [3.05, 3.63) is 52.0 Å². The molecule has 1 amide bonds. The Balaban J connectivity index is 0.00000364. The summed E-state index contributed by atoms with van der Waals surface area (Å²) in [5.41, 5.74) is 2.19. The van der Waals surface area contributed by atoms with Crippen molar-refractivity contribution >= 4 is 47.2 Å². The third-order valence-electron chi connectivity index (χ3n) is 3.63. The van der Waals surface area contributed by atoms with Gasteiger partial charge in [-0.25, -0.2) is 4.98 Å². The predicted molar refractivity (Wildman–Crippen MR) is 123 cm³/mol. The summed E-state index contributed by atoms with van der Waals surface area (Å²) in [6.45, 7) is 6.57. The Labute approximate surface area is 182 Å². The van der Waals surface area contributed by atoms with Crippen molar-refractivity contribution in [2.24, 2.45) is 4.99 Å². The second-order valence-electron chi connectivity index (χ2n) is 5.81. The van der Waals surface area contributed by atoms with Crippen molar-refractivity contribution in [3.63, 3.8) is 0 Å². The van der Waals surface area contributed by atoms with Crippen molar-refractivity contribution in [2.45, 2.75) is 33.2 Å². The number of aliphatic imine (C=N–C) groups is 1. The predicted octanol–water partition coefficient (Wildman–Crippen LogP) is 2.87. The Kier molecular flexibility index (Phi) is 11.7. The van der Waals surface area contributed by atoms with Crippen LogP contribution in [-0.2, 0) is 17.8 Å². The third-order valence-corrected chi connectivity index (χ3v) is 4.45. The highest BCUT2D eigenvalue weighted by atomic mass is 127. The van der Waals surface area contributed by atoms with Gasteiger partial charge < -0.3 is 16.0 Å². The molecule has 6 nitrogen and oxygen atoms in total. The molecule has 1 aromatic carbocycles. The van der Waals surface area contributed by atoms with Crippen LogP contribution in [0.3, 0.4) is 0 Å². The van der Waals surface area contributed by atoms with Gasteiger partial charge in [-0.15, -0.1) is 35.3 Å². The van der Waals surface area contributed by atoms with Gasteiger partial charge in [0, 0.05) is 37.9 Å². The number of rotatable bonds is 9. The molecule has 0 saturated carbocycles. The second-order valence-corrected chi connectivity index (χ2v) is 6.87. The average Bonchev–Trinajstić information content (AvgIpc) is 3.06. The monoisotopic (exact) mass is 501 g/mol. The van der Waals surface area contributed by atoms with Gasteiger partial charge in [-0.05, 0) is 19.4 Å².